The fraction of sp³-hybridized carbons (Fsp3) is 1.00. The van der Waals surface area contributed by atoms with Crippen molar-refractivity contribution < 1.29 is 0 Å². The molecule has 1 heteroatoms. The van der Waals surface area contributed by atoms with E-state index in [1.54, 1.807) is 0 Å². The molecule has 0 aromatic carbocycles. The fourth-order valence-corrected chi connectivity index (χ4v) is 3.06. The van der Waals surface area contributed by atoms with Crippen LogP contribution in [0.5, 0.6) is 0 Å². The van der Waals surface area contributed by atoms with Gasteiger partial charge < -0.3 is 0 Å². The van der Waals surface area contributed by atoms with Crippen LogP contribution >= 0.6 is 8.58 Å². The van der Waals surface area contributed by atoms with Crippen LogP contribution in [0, 0.1) is 5.92 Å². The Balaban J connectivity index is 2.97. The van der Waals surface area contributed by atoms with Gasteiger partial charge in [0.1, 0.15) is 0 Å². The third-order valence-corrected chi connectivity index (χ3v) is 3.90. The second-order valence-corrected chi connectivity index (χ2v) is 5.64. The Kier molecular flexibility index (Phi) is 10.9. The minimum atomic E-state index is 0.976. The first kappa shape index (κ1) is 13.4. The highest BCUT2D eigenvalue weighted by Crippen LogP contribution is 2.19. The maximum absolute atomic E-state index is 2.40. The molecule has 0 aromatic rings. The first-order valence-electron chi connectivity index (χ1n) is 6.02. The van der Waals surface area contributed by atoms with Crippen molar-refractivity contribution in [1.29, 1.82) is 0 Å². The molecule has 80 valence electrons. The van der Waals surface area contributed by atoms with E-state index in [0.717, 1.165) is 5.92 Å². The molecule has 0 aromatic heterocycles. The summed E-state index contributed by atoms with van der Waals surface area (Å²) in [4.78, 5) is 0. The Hall–Kier alpha value is 0.430. The Labute approximate surface area is 86.7 Å². The van der Waals surface area contributed by atoms with Crippen LogP contribution in [0.25, 0.3) is 0 Å². The van der Waals surface area contributed by atoms with Crippen molar-refractivity contribution >= 4 is 8.58 Å². The quantitative estimate of drug-likeness (QED) is 0.376. The smallest absolute Gasteiger partial charge is 0.0351 e. The van der Waals surface area contributed by atoms with Gasteiger partial charge in [-0.1, -0.05) is 46.5 Å². The van der Waals surface area contributed by atoms with Crippen molar-refractivity contribution in [1.82, 2.24) is 0 Å². The summed E-state index contributed by atoms with van der Waals surface area (Å²) in [5.74, 6) is 0.976. The van der Waals surface area contributed by atoms with Crippen molar-refractivity contribution in [2.24, 2.45) is 5.92 Å². The Bertz CT molecular complexity index is 91.1. The lowest BCUT2D eigenvalue weighted by Crippen LogP contribution is -1.95. The minimum absolute atomic E-state index is 0.976. The van der Waals surface area contributed by atoms with Gasteiger partial charge in [-0.3, -0.25) is 0 Å². The van der Waals surface area contributed by atoms with Gasteiger partial charge in [0.25, 0.3) is 0 Å². The van der Waals surface area contributed by atoms with Crippen molar-refractivity contribution in [2.45, 2.75) is 59.3 Å². The lowest BCUT2D eigenvalue weighted by molar-refractivity contribution is 0.512. The van der Waals surface area contributed by atoms with E-state index in [4.69, 9.17) is 0 Å². The lowest BCUT2D eigenvalue weighted by Gasteiger charge is -2.08. The largest absolute Gasteiger partial charge is 0.122 e. The van der Waals surface area contributed by atoms with E-state index < -0.39 is 0 Å². The highest BCUT2D eigenvalue weighted by atomic mass is 31.1. The molecule has 0 spiro atoms. The van der Waals surface area contributed by atoms with Crippen LogP contribution in [-0.4, -0.2) is 12.3 Å². The zero-order valence-corrected chi connectivity index (χ0v) is 10.7. The van der Waals surface area contributed by atoms with Gasteiger partial charge in [-0.15, -0.1) is 8.58 Å². The third-order valence-electron chi connectivity index (χ3n) is 2.55. The molecule has 0 radical (unpaired) electrons. The van der Waals surface area contributed by atoms with Crippen molar-refractivity contribution in [3.63, 3.8) is 0 Å². The molecule has 0 saturated carbocycles. The molecular weight excluding hydrogens is 175 g/mol. The predicted molar refractivity (Wildman–Crippen MR) is 66.3 cm³/mol. The summed E-state index contributed by atoms with van der Waals surface area (Å²) in [7, 11) is 1.24. The summed E-state index contributed by atoms with van der Waals surface area (Å²) in [5.41, 5.74) is 0. The molecule has 0 heterocycles. The topological polar surface area (TPSA) is 0 Å². The van der Waals surface area contributed by atoms with E-state index in [9.17, 15) is 0 Å². The lowest BCUT2D eigenvalue weighted by atomic mass is 10.0. The molecule has 0 bridgehead atoms. The molecular formula is C12H27P. The minimum Gasteiger partial charge on any atom is -0.122 e. The molecule has 0 N–H and O–H groups in total. The van der Waals surface area contributed by atoms with E-state index in [1.807, 2.05) is 0 Å². The van der Waals surface area contributed by atoms with Crippen LogP contribution in [0.3, 0.4) is 0 Å². The molecule has 0 nitrogen and oxygen atoms in total. The first-order valence-corrected chi connectivity index (χ1v) is 7.43. The maximum atomic E-state index is 2.40. The normalized spacial score (nSPS) is 14.1. The van der Waals surface area contributed by atoms with Gasteiger partial charge in [0, 0.05) is 0 Å². The Morgan fingerprint density at radius 2 is 1.69 bits per heavy atom. The van der Waals surface area contributed by atoms with Crippen LogP contribution in [0.1, 0.15) is 59.3 Å². The van der Waals surface area contributed by atoms with E-state index in [-0.39, 0.29) is 0 Å². The van der Waals surface area contributed by atoms with Crippen LogP contribution in [0.2, 0.25) is 0 Å². The molecule has 0 rings (SSSR count). The molecule has 2 atom stereocenters. The molecule has 0 aliphatic heterocycles. The number of rotatable bonds is 9. The average molecular weight is 202 g/mol. The van der Waals surface area contributed by atoms with Gasteiger partial charge >= 0.3 is 0 Å². The van der Waals surface area contributed by atoms with Crippen LogP contribution < -0.4 is 0 Å². The van der Waals surface area contributed by atoms with Crippen molar-refractivity contribution in [3.8, 4) is 0 Å². The van der Waals surface area contributed by atoms with Crippen LogP contribution in [0.15, 0.2) is 0 Å². The monoisotopic (exact) mass is 202 g/mol. The van der Waals surface area contributed by atoms with E-state index >= 15 is 0 Å². The summed E-state index contributed by atoms with van der Waals surface area (Å²) in [6, 6.07) is 0. The first-order chi connectivity index (χ1) is 6.31. The second kappa shape index (κ2) is 10.5. The maximum Gasteiger partial charge on any atom is -0.0351 e. The highest BCUT2D eigenvalue weighted by Gasteiger charge is 1.99. The summed E-state index contributed by atoms with van der Waals surface area (Å²) >= 11 is 0. The molecule has 0 fully saturated rings. The predicted octanol–water partition coefficient (Wildman–Crippen LogP) is 4.68. The standard InChI is InChI=1S/C12H27P/c1-4-6-7-10-13-11-9-12(3)8-5-2/h12-13H,4-11H2,1-3H3. The molecule has 13 heavy (non-hydrogen) atoms. The zero-order chi connectivity index (χ0) is 9.94. The third kappa shape index (κ3) is 10.4. The SMILES string of the molecule is CCCCCPCCC(C)CCC. The van der Waals surface area contributed by atoms with Gasteiger partial charge in [-0.2, -0.15) is 0 Å². The Morgan fingerprint density at radius 1 is 0.923 bits per heavy atom. The van der Waals surface area contributed by atoms with Gasteiger partial charge in [0.15, 0.2) is 0 Å². The summed E-state index contributed by atoms with van der Waals surface area (Å²) in [6.45, 7) is 6.98. The number of hydrogen-bond acceptors (Lipinski definition) is 0. The molecule has 0 saturated heterocycles. The average Bonchev–Trinajstić information content (AvgIpc) is 2.11. The molecule has 0 aliphatic carbocycles. The van der Waals surface area contributed by atoms with Gasteiger partial charge in [0.2, 0.25) is 0 Å². The van der Waals surface area contributed by atoms with Crippen molar-refractivity contribution in [2.75, 3.05) is 12.3 Å². The van der Waals surface area contributed by atoms with E-state index in [0.29, 0.717) is 0 Å². The molecule has 0 aliphatic rings. The summed E-state index contributed by atoms with van der Waals surface area (Å²) in [6.07, 6.45) is 11.5. The van der Waals surface area contributed by atoms with Crippen molar-refractivity contribution in [3.05, 3.63) is 0 Å². The number of unbranched alkanes of at least 4 members (excludes halogenated alkanes) is 2. The van der Waals surface area contributed by atoms with Crippen LogP contribution in [-0.2, 0) is 0 Å². The highest BCUT2D eigenvalue weighted by molar-refractivity contribution is 7.37. The fourth-order valence-electron chi connectivity index (χ4n) is 1.61. The van der Waals surface area contributed by atoms with Gasteiger partial charge in [0.05, 0.1) is 0 Å². The summed E-state index contributed by atoms with van der Waals surface area (Å²) < 4.78 is 0. The van der Waals surface area contributed by atoms with Crippen LogP contribution in [0.4, 0.5) is 0 Å². The zero-order valence-electron chi connectivity index (χ0n) is 9.73. The van der Waals surface area contributed by atoms with E-state index in [2.05, 4.69) is 20.8 Å². The molecule has 0 amide bonds. The van der Waals surface area contributed by atoms with Gasteiger partial charge in [-0.05, 0) is 31.1 Å². The second-order valence-electron chi connectivity index (χ2n) is 4.14. The van der Waals surface area contributed by atoms with Gasteiger partial charge in [-0.25, -0.2) is 0 Å². The number of hydrogen-bond donors (Lipinski definition) is 0. The Morgan fingerprint density at radius 3 is 2.31 bits per heavy atom. The van der Waals surface area contributed by atoms with E-state index in [1.165, 1.54) is 59.4 Å². The summed E-state index contributed by atoms with van der Waals surface area (Å²) in [5, 5.41) is 0. The molecule has 2 unspecified atom stereocenters.